The van der Waals surface area contributed by atoms with Crippen LogP contribution in [0.4, 0.5) is 0 Å². The minimum absolute atomic E-state index is 0.202. The van der Waals surface area contributed by atoms with Crippen molar-refractivity contribution in [3.8, 4) is 0 Å². The van der Waals surface area contributed by atoms with E-state index in [1.165, 1.54) is 12.3 Å². The van der Waals surface area contributed by atoms with Gasteiger partial charge in [0.05, 0.1) is 24.7 Å². The van der Waals surface area contributed by atoms with E-state index >= 15 is 0 Å². The van der Waals surface area contributed by atoms with Gasteiger partial charge >= 0.3 is 5.97 Å². The predicted octanol–water partition coefficient (Wildman–Crippen LogP) is 2.30. The van der Waals surface area contributed by atoms with Crippen LogP contribution in [0.1, 0.15) is 52.2 Å². The number of fused-ring (bicyclic) bond motifs is 1. The fraction of sp³-hybridized carbons (Fsp3) is 0.654. The van der Waals surface area contributed by atoms with Crippen LogP contribution in [-0.4, -0.2) is 52.7 Å². The molecule has 3 aliphatic carbocycles. The van der Waals surface area contributed by atoms with Gasteiger partial charge in [0.25, 0.3) is 0 Å². The van der Waals surface area contributed by atoms with Crippen LogP contribution < -0.4 is 0 Å². The molecule has 5 fully saturated rings. The first kappa shape index (κ1) is 21.0. The third-order valence-corrected chi connectivity index (χ3v) is 10.8. The van der Waals surface area contributed by atoms with Crippen molar-refractivity contribution >= 4 is 17.5 Å². The monoisotopic (exact) mass is 468 g/mol. The van der Waals surface area contributed by atoms with E-state index < -0.39 is 62.9 Å². The van der Waals surface area contributed by atoms with Gasteiger partial charge in [0.1, 0.15) is 23.2 Å². The molecule has 9 atom stereocenters. The maximum Gasteiger partial charge on any atom is 0.339 e. The lowest BCUT2D eigenvalue weighted by atomic mass is 9.34. The van der Waals surface area contributed by atoms with Crippen LogP contribution in [0.5, 0.6) is 0 Å². The highest BCUT2D eigenvalue weighted by atomic mass is 16.7. The van der Waals surface area contributed by atoms with Crippen LogP contribution in [0.15, 0.2) is 35.2 Å². The smallest absolute Gasteiger partial charge is 0.339 e. The van der Waals surface area contributed by atoms with Crippen molar-refractivity contribution in [1.29, 1.82) is 0 Å². The summed E-state index contributed by atoms with van der Waals surface area (Å²) in [6.45, 7) is 7.61. The van der Waals surface area contributed by atoms with Crippen LogP contribution in [0.2, 0.25) is 0 Å². The molecule has 0 bridgehead atoms. The Balaban J connectivity index is 1.47. The normalized spacial score (nSPS) is 54.0. The van der Waals surface area contributed by atoms with Gasteiger partial charge in [-0.15, -0.1) is 0 Å². The molecule has 8 nitrogen and oxygen atoms in total. The number of aliphatic hydroxyl groups excluding tert-OH is 1. The zero-order valence-electron chi connectivity index (χ0n) is 19.6. The molecule has 4 heterocycles. The van der Waals surface area contributed by atoms with Crippen molar-refractivity contribution in [2.75, 3.05) is 6.61 Å². The fourth-order valence-electron chi connectivity index (χ4n) is 9.42. The van der Waals surface area contributed by atoms with Crippen LogP contribution in [0.25, 0.3) is 0 Å². The molecule has 180 valence electrons. The van der Waals surface area contributed by atoms with E-state index in [0.717, 1.165) is 5.56 Å². The standard InChI is InChI=1S/C26H28O8/c1-21(2)25-15(27)6-9-24(25,12-32-21)14-5-8-22(3)18(13-7-10-31-11-13)33-20(30)19-26(22,34-19)23(14,4)16(28)17(25)29/h6-7,9-11,14,16,18-19,28H,5,8,12H2,1-4H3. The number of ether oxygens (including phenoxy) is 3. The van der Waals surface area contributed by atoms with Gasteiger partial charge in [-0.25, -0.2) is 4.79 Å². The van der Waals surface area contributed by atoms with Gasteiger partial charge < -0.3 is 23.7 Å². The number of ketones is 2. The third-order valence-electron chi connectivity index (χ3n) is 10.8. The van der Waals surface area contributed by atoms with Crippen molar-refractivity contribution in [3.05, 3.63) is 36.3 Å². The molecule has 8 heteroatoms. The number of carbonyl (C=O) groups is 3. The average molecular weight is 469 g/mol. The summed E-state index contributed by atoms with van der Waals surface area (Å²) in [7, 11) is 0. The fourth-order valence-corrected chi connectivity index (χ4v) is 9.42. The SMILES string of the molecule is CC1(C)OCC23C=CC(=O)C12C(=O)C(O)C1(C)C3CCC2(C)C(c3ccoc3)OC(=O)C3OC321. The van der Waals surface area contributed by atoms with Crippen molar-refractivity contribution in [2.45, 2.75) is 70.1 Å². The summed E-state index contributed by atoms with van der Waals surface area (Å²) in [4.78, 5) is 40.8. The highest BCUT2D eigenvalue weighted by Gasteiger charge is 2.92. The minimum atomic E-state index is -1.50. The number of aliphatic hydroxyl groups is 1. The third kappa shape index (κ3) is 1.68. The van der Waals surface area contributed by atoms with E-state index in [-0.39, 0.29) is 18.3 Å². The van der Waals surface area contributed by atoms with Crippen LogP contribution in [0, 0.1) is 27.6 Å². The Kier molecular flexibility index (Phi) is 3.45. The molecule has 3 saturated heterocycles. The summed E-state index contributed by atoms with van der Waals surface area (Å²) in [6.07, 6.45) is 4.65. The second-order valence-corrected chi connectivity index (χ2v) is 12.0. The maximum absolute atomic E-state index is 14.2. The minimum Gasteiger partial charge on any atom is -0.472 e. The Morgan fingerprint density at radius 2 is 1.85 bits per heavy atom. The lowest BCUT2D eigenvalue weighted by Gasteiger charge is -2.66. The largest absolute Gasteiger partial charge is 0.472 e. The van der Waals surface area contributed by atoms with Gasteiger partial charge in [-0.2, -0.15) is 0 Å². The number of furan rings is 1. The highest BCUT2D eigenvalue weighted by Crippen LogP contribution is 2.81. The van der Waals surface area contributed by atoms with Gasteiger partial charge in [0, 0.05) is 21.8 Å². The molecule has 2 saturated carbocycles. The summed E-state index contributed by atoms with van der Waals surface area (Å²) >= 11 is 0. The number of hydrogen-bond donors (Lipinski definition) is 1. The molecular weight excluding hydrogens is 440 g/mol. The lowest BCUT2D eigenvalue weighted by Crippen LogP contribution is -2.77. The van der Waals surface area contributed by atoms with Crippen LogP contribution in [-0.2, 0) is 28.6 Å². The Morgan fingerprint density at radius 3 is 2.56 bits per heavy atom. The van der Waals surface area contributed by atoms with Crippen molar-refractivity contribution in [1.82, 2.24) is 0 Å². The Hall–Kier alpha value is -2.29. The quantitative estimate of drug-likeness (QED) is 0.379. The molecule has 1 aromatic rings. The zero-order valence-corrected chi connectivity index (χ0v) is 19.6. The first-order chi connectivity index (χ1) is 16.0. The van der Waals surface area contributed by atoms with E-state index in [1.807, 2.05) is 19.9 Å². The van der Waals surface area contributed by atoms with Crippen molar-refractivity contribution in [3.63, 3.8) is 0 Å². The number of allylic oxidation sites excluding steroid dienone is 1. The zero-order chi connectivity index (χ0) is 24.1. The van der Waals surface area contributed by atoms with E-state index in [0.29, 0.717) is 12.8 Å². The number of esters is 1. The first-order valence-electron chi connectivity index (χ1n) is 12.0. The molecule has 3 aliphatic heterocycles. The van der Waals surface area contributed by atoms with Crippen molar-refractivity contribution < 1.29 is 38.1 Å². The summed E-state index contributed by atoms with van der Waals surface area (Å²) in [5.74, 6) is -1.65. The Morgan fingerprint density at radius 1 is 1.09 bits per heavy atom. The van der Waals surface area contributed by atoms with Gasteiger partial charge in [-0.3, -0.25) is 9.59 Å². The van der Waals surface area contributed by atoms with E-state index in [9.17, 15) is 19.5 Å². The van der Waals surface area contributed by atoms with Crippen molar-refractivity contribution in [2.24, 2.45) is 27.6 Å². The topological polar surface area (TPSA) is 116 Å². The molecule has 6 aliphatic rings. The molecule has 0 amide bonds. The number of hydrogen-bond acceptors (Lipinski definition) is 8. The van der Waals surface area contributed by atoms with Crippen LogP contribution in [0.3, 0.4) is 0 Å². The maximum atomic E-state index is 14.2. The summed E-state index contributed by atoms with van der Waals surface area (Å²) in [5.41, 5.74) is -5.71. The van der Waals surface area contributed by atoms with E-state index in [1.54, 1.807) is 26.2 Å². The number of carbonyl (C=O) groups excluding carboxylic acids is 3. The number of epoxide rings is 1. The molecule has 0 aromatic carbocycles. The molecule has 1 spiro atoms. The van der Waals surface area contributed by atoms with E-state index in [2.05, 4.69) is 0 Å². The molecule has 34 heavy (non-hydrogen) atoms. The molecular formula is C26H28O8. The molecule has 0 radical (unpaired) electrons. The number of rotatable bonds is 1. The molecule has 7 rings (SSSR count). The predicted molar refractivity (Wildman–Crippen MR) is 114 cm³/mol. The van der Waals surface area contributed by atoms with E-state index in [4.69, 9.17) is 18.6 Å². The Bertz CT molecular complexity index is 1200. The first-order valence-corrected chi connectivity index (χ1v) is 12.0. The second kappa shape index (κ2) is 5.58. The molecule has 1 aromatic heterocycles. The van der Waals surface area contributed by atoms with Crippen LogP contribution >= 0.6 is 0 Å². The van der Waals surface area contributed by atoms with Gasteiger partial charge in [-0.05, 0) is 44.7 Å². The highest BCUT2D eigenvalue weighted by molar-refractivity contribution is 6.18. The molecule has 1 N–H and O–H groups in total. The second-order valence-electron chi connectivity index (χ2n) is 12.0. The van der Waals surface area contributed by atoms with Gasteiger partial charge in [0.15, 0.2) is 17.7 Å². The lowest BCUT2D eigenvalue weighted by molar-refractivity contribution is -0.239. The average Bonchev–Trinajstić information content (AvgIpc) is 3.08. The Labute approximate surface area is 196 Å². The summed E-state index contributed by atoms with van der Waals surface area (Å²) in [5, 5.41) is 11.9. The molecule has 9 unspecified atom stereocenters. The van der Waals surface area contributed by atoms with Gasteiger partial charge in [-0.1, -0.05) is 19.9 Å². The summed E-state index contributed by atoms with van der Waals surface area (Å²) < 4.78 is 23.7. The number of Topliss-reactive ketones (excluding diaryl/α,β-unsaturated/α-hetero) is 1. The summed E-state index contributed by atoms with van der Waals surface area (Å²) in [6, 6.07) is 1.77. The number of cyclic esters (lactones) is 1. The van der Waals surface area contributed by atoms with Gasteiger partial charge in [0.2, 0.25) is 0 Å².